The third kappa shape index (κ3) is 4.24. The summed E-state index contributed by atoms with van der Waals surface area (Å²) in [6, 6.07) is 15.1. The third-order valence-corrected chi connectivity index (χ3v) is 4.80. The van der Waals surface area contributed by atoms with Crippen molar-refractivity contribution >= 4 is 11.5 Å². The fourth-order valence-electron chi connectivity index (χ4n) is 3.23. The van der Waals surface area contributed by atoms with Crippen LogP contribution in [-0.4, -0.2) is 22.7 Å². The molecule has 2 radical (unpaired) electrons. The van der Waals surface area contributed by atoms with E-state index in [2.05, 4.69) is 83.8 Å². The molecule has 3 rings (SSSR count). The molecule has 0 bridgehead atoms. The van der Waals surface area contributed by atoms with Gasteiger partial charge in [-0.3, -0.25) is 4.90 Å². The smallest absolute Gasteiger partial charge is 0.213 e. The fraction of sp³-hybridized carbons (Fsp3) is 0.333. The summed E-state index contributed by atoms with van der Waals surface area (Å²) in [7, 11) is 1.98. The summed E-state index contributed by atoms with van der Waals surface area (Å²) in [5, 5.41) is 0. The molecule has 0 saturated carbocycles. The maximum Gasteiger partial charge on any atom is 0.213 e. The van der Waals surface area contributed by atoms with Gasteiger partial charge in [0.05, 0.1) is 5.69 Å². The Kier molecular flexibility index (Phi) is 5.69. The Hall–Kier alpha value is -2.55. The predicted molar refractivity (Wildman–Crippen MR) is 114 cm³/mol. The number of rotatable bonds is 4. The molecule has 0 saturated heterocycles. The Labute approximate surface area is 164 Å². The number of para-hydroxylation sites is 1. The first-order valence-electron chi connectivity index (χ1n) is 9.62. The van der Waals surface area contributed by atoms with E-state index in [-0.39, 0.29) is 0 Å². The molecule has 1 aliphatic rings. The molecule has 1 heterocycles. The zero-order valence-electron chi connectivity index (χ0n) is 17.2. The van der Waals surface area contributed by atoms with Gasteiger partial charge < -0.3 is 4.90 Å². The van der Waals surface area contributed by atoms with Crippen LogP contribution in [0.2, 0.25) is 0 Å². The van der Waals surface area contributed by atoms with Crippen LogP contribution in [0.5, 0.6) is 0 Å². The Morgan fingerprint density at radius 3 is 1.96 bits per heavy atom. The zero-order valence-corrected chi connectivity index (χ0v) is 17.2. The average Bonchev–Trinajstić information content (AvgIpc) is 3.06. The molecule has 0 atom stereocenters. The van der Waals surface area contributed by atoms with E-state index >= 15 is 0 Å². The number of benzene rings is 2. The number of amidine groups is 1. The van der Waals surface area contributed by atoms with Crippen LogP contribution < -0.4 is 0 Å². The molecule has 0 spiro atoms. The Balaban J connectivity index is 2.19. The van der Waals surface area contributed by atoms with Crippen LogP contribution in [0.15, 0.2) is 59.9 Å². The van der Waals surface area contributed by atoms with Gasteiger partial charge >= 0.3 is 0 Å². The number of nitrogens with zero attached hydrogens (tertiary/aromatic N) is 3. The minimum absolute atomic E-state index is 0.409. The zero-order chi connectivity index (χ0) is 19.6. The van der Waals surface area contributed by atoms with Crippen molar-refractivity contribution in [2.75, 3.05) is 7.05 Å². The second kappa shape index (κ2) is 7.99. The van der Waals surface area contributed by atoms with Gasteiger partial charge in [0.25, 0.3) is 0 Å². The molecule has 140 valence electrons. The van der Waals surface area contributed by atoms with Crippen LogP contribution in [0.4, 0.5) is 5.69 Å². The third-order valence-electron chi connectivity index (χ3n) is 4.80. The van der Waals surface area contributed by atoms with Crippen molar-refractivity contribution in [1.29, 1.82) is 0 Å². The summed E-state index contributed by atoms with van der Waals surface area (Å²) in [4.78, 5) is 9.12. The number of aryl methyl sites for hydroxylation is 1. The maximum atomic E-state index is 5.22. The van der Waals surface area contributed by atoms with Gasteiger partial charge in [0.2, 0.25) is 6.67 Å². The molecule has 2 aromatic rings. The summed E-state index contributed by atoms with van der Waals surface area (Å²) in [6.07, 6.45) is 3.99. The molecular weight excluding hydrogens is 330 g/mol. The average molecular weight is 360 g/mol. The highest BCUT2D eigenvalue weighted by atomic mass is 15.3. The molecule has 0 aromatic heterocycles. The van der Waals surface area contributed by atoms with Gasteiger partial charge in [-0.15, -0.1) is 0 Å². The normalized spacial score (nSPS) is 14.7. The quantitative estimate of drug-likeness (QED) is 0.490. The van der Waals surface area contributed by atoms with Crippen LogP contribution in [0.25, 0.3) is 0 Å². The molecule has 3 heteroatoms. The molecule has 0 amide bonds. The first kappa shape index (κ1) is 19.2. The van der Waals surface area contributed by atoms with E-state index in [9.17, 15) is 0 Å². The lowest BCUT2D eigenvalue weighted by Crippen LogP contribution is -2.25. The Morgan fingerprint density at radius 2 is 1.48 bits per heavy atom. The number of hydrogen-bond acceptors (Lipinski definition) is 2. The van der Waals surface area contributed by atoms with Gasteiger partial charge in [-0.05, 0) is 29.9 Å². The largest absolute Gasteiger partial charge is 0.349 e. The van der Waals surface area contributed by atoms with E-state index in [0.717, 1.165) is 17.1 Å². The van der Waals surface area contributed by atoms with E-state index in [4.69, 9.17) is 4.99 Å². The minimum Gasteiger partial charge on any atom is -0.349 e. The van der Waals surface area contributed by atoms with E-state index in [1.807, 2.05) is 29.2 Å². The molecule has 0 N–H and O–H groups in total. The summed E-state index contributed by atoms with van der Waals surface area (Å²) in [5.74, 6) is 1.71. The van der Waals surface area contributed by atoms with Crippen LogP contribution >= 0.6 is 0 Å². The van der Waals surface area contributed by atoms with Crippen molar-refractivity contribution in [3.05, 3.63) is 83.8 Å². The van der Waals surface area contributed by atoms with Gasteiger partial charge in [-0.1, -0.05) is 75.7 Å². The monoisotopic (exact) mass is 359 g/mol. The molecule has 0 unspecified atom stereocenters. The van der Waals surface area contributed by atoms with Gasteiger partial charge in [-0.2, -0.15) is 0 Å². The topological polar surface area (TPSA) is 18.8 Å². The van der Waals surface area contributed by atoms with Gasteiger partial charge in [0.15, 0.2) is 0 Å². The molecule has 0 aliphatic carbocycles. The van der Waals surface area contributed by atoms with Crippen molar-refractivity contribution in [1.82, 2.24) is 9.80 Å². The van der Waals surface area contributed by atoms with Crippen LogP contribution in [0.3, 0.4) is 0 Å². The van der Waals surface area contributed by atoms with Gasteiger partial charge in [-0.25, -0.2) is 4.99 Å². The lowest BCUT2D eigenvalue weighted by atomic mass is 9.93. The van der Waals surface area contributed by atoms with Gasteiger partial charge in [0.1, 0.15) is 5.84 Å². The van der Waals surface area contributed by atoms with Crippen molar-refractivity contribution in [3.8, 4) is 0 Å². The summed E-state index contributed by atoms with van der Waals surface area (Å²) in [6.45, 7) is 14.3. The Morgan fingerprint density at radius 1 is 0.889 bits per heavy atom. The molecule has 27 heavy (non-hydrogen) atoms. The Bertz CT molecular complexity index is 818. The molecular formula is C24H29N3. The molecule has 2 aromatic carbocycles. The van der Waals surface area contributed by atoms with E-state index < -0.39 is 0 Å². The van der Waals surface area contributed by atoms with Crippen molar-refractivity contribution < 1.29 is 0 Å². The first-order valence-corrected chi connectivity index (χ1v) is 9.62. The lowest BCUT2D eigenvalue weighted by Gasteiger charge is -2.22. The predicted octanol–water partition coefficient (Wildman–Crippen LogP) is 6.04. The molecule has 3 nitrogen and oxygen atoms in total. The fourth-order valence-corrected chi connectivity index (χ4v) is 3.23. The van der Waals surface area contributed by atoms with Gasteiger partial charge in [0, 0.05) is 25.0 Å². The summed E-state index contributed by atoms with van der Waals surface area (Å²) < 4.78 is 0. The summed E-state index contributed by atoms with van der Waals surface area (Å²) in [5.41, 5.74) is 5.97. The lowest BCUT2D eigenvalue weighted by molar-refractivity contribution is 0.483. The molecule has 1 aliphatic heterocycles. The first-order chi connectivity index (χ1) is 12.9. The number of aliphatic imine (C=N–C) groups is 1. The summed E-state index contributed by atoms with van der Waals surface area (Å²) >= 11 is 0. The van der Waals surface area contributed by atoms with E-state index in [1.165, 1.54) is 16.7 Å². The van der Waals surface area contributed by atoms with Crippen LogP contribution in [-0.2, 0) is 0 Å². The second-order valence-electron chi connectivity index (χ2n) is 7.77. The van der Waals surface area contributed by atoms with E-state index in [0.29, 0.717) is 11.8 Å². The molecule has 0 fully saturated rings. The van der Waals surface area contributed by atoms with Crippen LogP contribution in [0, 0.1) is 13.6 Å². The SMILES string of the molecule is Cc1ccc(C(=Nc2c(C(C)C)cccc2C(C)C)N2[C]N(C)C=C2)cc1. The second-order valence-corrected chi connectivity index (χ2v) is 7.77. The highest BCUT2D eigenvalue weighted by Gasteiger charge is 2.21. The van der Waals surface area contributed by atoms with Crippen molar-refractivity contribution in [2.45, 2.75) is 46.5 Å². The van der Waals surface area contributed by atoms with Crippen molar-refractivity contribution in [3.63, 3.8) is 0 Å². The standard InChI is InChI=1S/C24H29N3/c1-17(2)21-8-7-9-22(18(3)4)23(21)25-24(27-15-14-26(6)16-27)20-12-10-19(5)11-13-20/h7-15,17-18H,1-6H3. The highest BCUT2D eigenvalue weighted by molar-refractivity contribution is 6.02. The maximum absolute atomic E-state index is 5.22. The van der Waals surface area contributed by atoms with E-state index in [1.54, 1.807) is 0 Å². The van der Waals surface area contributed by atoms with Crippen molar-refractivity contribution in [2.24, 2.45) is 4.99 Å². The minimum atomic E-state index is 0.409. The van der Waals surface area contributed by atoms with Crippen LogP contribution in [0.1, 0.15) is 61.8 Å². The highest BCUT2D eigenvalue weighted by Crippen LogP contribution is 2.35. The number of hydrogen-bond donors (Lipinski definition) is 0.